The fourth-order valence-corrected chi connectivity index (χ4v) is 3.64. The molecule has 128 valence electrons. The van der Waals surface area contributed by atoms with E-state index in [2.05, 4.69) is 14.7 Å². The van der Waals surface area contributed by atoms with Gasteiger partial charge in [0.05, 0.1) is 4.90 Å². The van der Waals surface area contributed by atoms with E-state index >= 15 is 0 Å². The molecule has 0 aliphatic carbocycles. The maximum Gasteiger partial charge on any atom is 0.261 e. The van der Waals surface area contributed by atoms with Crippen molar-refractivity contribution >= 4 is 27.3 Å². The lowest BCUT2D eigenvalue weighted by molar-refractivity contribution is 0.601. The van der Waals surface area contributed by atoms with Gasteiger partial charge in [0.15, 0.2) is 0 Å². The van der Waals surface area contributed by atoms with Gasteiger partial charge in [-0.3, -0.25) is 9.52 Å². The first kappa shape index (κ1) is 17.2. The van der Waals surface area contributed by atoms with Crippen molar-refractivity contribution in [3.63, 3.8) is 0 Å². The standard InChI is InChI=1S/C17H14ClN3O3S/c1-11-8-16(22)20-17(19-11)12-4-2-6-14(9-12)21-25(23,24)15-7-3-5-13(18)10-15/h2-10,21H,1H3,(H,19,20,22). The van der Waals surface area contributed by atoms with Crippen LogP contribution in [0, 0.1) is 6.92 Å². The first-order valence-corrected chi connectivity index (χ1v) is 9.16. The van der Waals surface area contributed by atoms with E-state index in [0.29, 0.717) is 27.8 Å². The molecule has 1 aromatic heterocycles. The van der Waals surface area contributed by atoms with Crippen molar-refractivity contribution < 1.29 is 8.42 Å². The molecule has 1 heterocycles. The van der Waals surface area contributed by atoms with E-state index in [4.69, 9.17) is 11.6 Å². The molecule has 6 nitrogen and oxygen atoms in total. The third-order valence-electron chi connectivity index (χ3n) is 3.36. The zero-order valence-corrected chi connectivity index (χ0v) is 14.7. The van der Waals surface area contributed by atoms with Crippen LogP contribution >= 0.6 is 11.6 Å². The Balaban J connectivity index is 1.95. The summed E-state index contributed by atoms with van der Waals surface area (Å²) in [6.07, 6.45) is 0. The van der Waals surface area contributed by atoms with E-state index in [1.807, 2.05) is 0 Å². The first-order chi connectivity index (χ1) is 11.8. The predicted molar refractivity (Wildman–Crippen MR) is 97.3 cm³/mol. The molecule has 0 fully saturated rings. The maximum absolute atomic E-state index is 12.5. The summed E-state index contributed by atoms with van der Waals surface area (Å²) in [5.74, 6) is 0.369. The highest BCUT2D eigenvalue weighted by Crippen LogP contribution is 2.22. The topological polar surface area (TPSA) is 91.9 Å². The summed E-state index contributed by atoms with van der Waals surface area (Å²) in [5.41, 5.74) is 1.24. The van der Waals surface area contributed by atoms with E-state index in [9.17, 15) is 13.2 Å². The lowest BCUT2D eigenvalue weighted by Crippen LogP contribution is -2.13. The highest BCUT2D eigenvalue weighted by molar-refractivity contribution is 7.92. The fourth-order valence-electron chi connectivity index (χ4n) is 2.29. The van der Waals surface area contributed by atoms with Gasteiger partial charge in [0, 0.05) is 28.0 Å². The molecule has 0 amide bonds. The molecule has 0 aliphatic heterocycles. The third-order valence-corrected chi connectivity index (χ3v) is 4.98. The Morgan fingerprint density at radius 1 is 1.08 bits per heavy atom. The monoisotopic (exact) mass is 375 g/mol. The number of nitrogens with one attached hydrogen (secondary N) is 2. The number of aryl methyl sites for hydroxylation is 1. The summed E-state index contributed by atoms with van der Waals surface area (Å²) >= 11 is 5.85. The molecular formula is C17H14ClN3O3S. The zero-order valence-electron chi connectivity index (χ0n) is 13.2. The van der Waals surface area contributed by atoms with E-state index in [1.54, 1.807) is 43.3 Å². The third kappa shape index (κ3) is 4.07. The highest BCUT2D eigenvalue weighted by Gasteiger charge is 2.15. The Hall–Kier alpha value is -2.64. The number of nitrogens with zero attached hydrogens (tertiary/aromatic N) is 1. The molecule has 0 saturated carbocycles. The van der Waals surface area contributed by atoms with Gasteiger partial charge in [-0.1, -0.05) is 29.8 Å². The number of anilines is 1. The lowest BCUT2D eigenvalue weighted by Gasteiger charge is -2.10. The van der Waals surface area contributed by atoms with Crippen molar-refractivity contribution in [2.24, 2.45) is 0 Å². The Morgan fingerprint density at radius 3 is 2.56 bits per heavy atom. The molecule has 0 spiro atoms. The Kier molecular flexibility index (Phi) is 4.61. The van der Waals surface area contributed by atoms with Crippen molar-refractivity contribution in [2.45, 2.75) is 11.8 Å². The van der Waals surface area contributed by atoms with E-state index in [0.717, 1.165) is 0 Å². The van der Waals surface area contributed by atoms with Gasteiger partial charge in [-0.15, -0.1) is 0 Å². The van der Waals surface area contributed by atoms with Gasteiger partial charge in [-0.25, -0.2) is 13.4 Å². The van der Waals surface area contributed by atoms with Crippen LogP contribution in [0.25, 0.3) is 11.4 Å². The number of rotatable bonds is 4. The maximum atomic E-state index is 12.5. The molecule has 3 rings (SSSR count). The fraction of sp³-hybridized carbons (Fsp3) is 0.0588. The molecule has 8 heteroatoms. The SMILES string of the molecule is Cc1cc(=O)[nH]c(-c2cccc(NS(=O)(=O)c3cccc(Cl)c3)c2)n1. The first-order valence-electron chi connectivity index (χ1n) is 7.30. The molecule has 0 aliphatic rings. The van der Waals surface area contributed by atoms with Crippen molar-refractivity contribution in [3.8, 4) is 11.4 Å². The minimum Gasteiger partial charge on any atom is -0.307 e. The number of hydrogen-bond acceptors (Lipinski definition) is 4. The van der Waals surface area contributed by atoms with Gasteiger partial charge in [-0.05, 0) is 37.3 Å². The van der Waals surface area contributed by atoms with Crippen LogP contribution < -0.4 is 10.3 Å². The summed E-state index contributed by atoms with van der Waals surface area (Å²) in [4.78, 5) is 18.6. The number of aromatic amines is 1. The Morgan fingerprint density at radius 2 is 1.84 bits per heavy atom. The molecular weight excluding hydrogens is 362 g/mol. The highest BCUT2D eigenvalue weighted by atomic mass is 35.5. The predicted octanol–water partition coefficient (Wildman–Crippen LogP) is 3.20. The molecule has 2 aromatic carbocycles. The average molecular weight is 376 g/mol. The molecule has 0 bridgehead atoms. The van der Waals surface area contributed by atoms with Gasteiger partial charge in [0.2, 0.25) is 0 Å². The summed E-state index contributed by atoms with van der Waals surface area (Å²) < 4.78 is 27.4. The number of halogens is 1. The number of benzene rings is 2. The molecule has 25 heavy (non-hydrogen) atoms. The molecule has 0 unspecified atom stereocenters. The second-order valence-electron chi connectivity index (χ2n) is 5.38. The minimum atomic E-state index is -3.78. The van der Waals surface area contributed by atoms with E-state index in [-0.39, 0.29) is 10.5 Å². The smallest absolute Gasteiger partial charge is 0.261 e. The van der Waals surface area contributed by atoms with Crippen molar-refractivity contribution in [2.75, 3.05) is 4.72 Å². The second kappa shape index (κ2) is 6.70. The lowest BCUT2D eigenvalue weighted by atomic mass is 10.2. The summed E-state index contributed by atoms with van der Waals surface area (Å²) in [7, 11) is -3.78. The Labute approximate surface area is 149 Å². The van der Waals surface area contributed by atoms with Gasteiger partial charge in [-0.2, -0.15) is 0 Å². The normalized spacial score (nSPS) is 11.3. The van der Waals surface area contributed by atoms with Crippen molar-refractivity contribution in [1.29, 1.82) is 0 Å². The molecule has 2 N–H and O–H groups in total. The Bertz CT molecular complexity index is 1090. The van der Waals surface area contributed by atoms with Crippen molar-refractivity contribution in [1.82, 2.24) is 9.97 Å². The number of hydrogen-bond donors (Lipinski definition) is 2. The number of sulfonamides is 1. The molecule has 0 atom stereocenters. The quantitative estimate of drug-likeness (QED) is 0.732. The number of H-pyrrole nitrogens is 1. The second-order valence-corrected chi connectivity index (χ2v) is 7.50. The van der Waals surface area contributed by atoms with E-state index < -0.39 is 10.0 Å². The van der Waals surface area contributed by atoms with Crippen LogP contribution in [0.3, 0.4) is 0 Å². The van der Waals surface area contributed by atoms with Crippen LogP contribution in [0.2, 0.25) is 5.02 Å². The molecule has 0 saturated heterocycles. The van der Waals surface area contributed by atoms with Crippen LogP contribution in [0.4, 0.5) is 5.69 Å². The van der Waals surface area contributed by atoms with Gasteiger partial charge in [0.25, 0.3) is 15.6 Å². The van der Waals surface area contributed by atoms with Gasteiger partial charge in [0.1, 0.15) is 5.82 Å². The molecule has 3 aromatic rings. The summed E-state index contributed by atoms with van der Waals surface area (Å²) in [5, 5.41) is 0.332. The van der Waals surface area contributed by atoms with Crippen LogP contribution in [0.5, 0.6) is 0 Å². The van der Waals surface area contributed by atoms with E-state index in [1.165, 1.54) is 18.2 Å². The van der Waals surface area contributed by atoms with Crippen LogP contribution in [0.1, 0.15) is 5.69 Å². The largest absolute Gasteiger partial charge is 0.307 e. The van der Waals surface area contributed by atoms with Crippen LogP contribution in [0.15, 0.2) is 64.3 Å². The van der Waals surface area contributed by atoms with Gasteiger partial charge >= 0.3 is 0 Å². The van der Waals surface area contributed by atoms with Crippen LogP contribution in [-0.4, -0.2) is 18.4 Å². The van der Waals surface area contributed by atoms with Gasteiger partial charge < -0.3 is 4.98 Å². The summed E-state index contributed by atoms with van der Waals surface area (Å²) in [6, 6.07) is 14.0. The average Bonchev–Trinajstić information content (AvgIpc) is 2.54. The van der Waals surface area contributed by atoms with Crippen LogP contribution in [-0.2, 0) is 10.0 Å². The zero-order chi connectivity index (χ0) is 18.0. The number of aromatic nitrogens is 2. The molecule has 0 radical (unpaired) electrons. The summed E-state index contributed by atoms with van der Waals surface area (Å²) in [6.45, 7) is 1.71. The minimum absolute atomic E-state index is 0.0625. The van der Waals surface area contributed by atoms with Crippen molar-refractivity contribution in [3.05, 3.63) is 75.7 Å².